The molecule has 2 aromatic rings. The highest BCUT2D eigenvalue weighted by molar-refractivity contribution is 6.04. The molecule has 2 aliphatic rings. The molecule has 1 aliphatic heterocycles. The lowest BCUT2D eigenvalue weighted by atomic mass is 10.1. The van der Waals surface area contributed by atoms with E-state index in [-0.39, 0.29) is 5.91 Å². The van der Waals surface area contributed by atoms with E-state index in [1.165, 1.54) is 25.7 Å². The first kappa shape index (κ1) is 18.7. The van der Waals surface area contributed by atoms with Crippen molar-refractivity contribution >= 4 is 17.4 Å². The summed E-state index contributed by atoms with van der Waals surface area (Å²) in [4.78, 5) is 21.8. The molecule has 6 nitrogen and oxygen atoms in total. The van der Waals surface area contributed by atoms with E-state index in [1.54, 1.807) is 37.6 Å². The van der Waals surface area contributed by atoms with Gasteiger partial charge in [-0.1, -0.05) is 12.8 Å². The number of piperazine rings is 1. The van der Waals surface area contributed by atoms with Gasteiger partial charge in [-0.05, 0) is 43.2 Å². The zero-order chi connectivity index (χ0) is 19.3. The van der Waals surface area contributed by atoms with Crippen LogP contribution >= 0.6 is 0 Å². The zero-order valence-electron chi connectivity index (χ0n) is 16.4. The van der Waals surface area contributed by atoms with Crippen molar-refractivity contribution in [2.24, 2.45) is 0 Å². The van der Waals surface area contributed by atoms with Crippen LogP contribution in [0.5, 0.6) is 5.75 Å². The summed E-state index contributed by atoms with van der Waals surface area (Å²) in [6, 6.07) is 11.8. The molecule has 1 amide bonds. The number of anilines is 2. The standard InChI is InChI=1S/C22H28N4O2/c1-28-20-8-6-17(7-9-20)22(27)24-21-16-19(10-11-23-21)26-14-12-25(13-15-26)18-4-2-3-5-18/h6-11,16,18H,2-5,12-15H2,1H3,(H,23,24,27). The number of carbonyl (C=O) groups is 1. The summed E-state index contributed by atoms with van der Waals surface area (Å²) < 4.78 is 5.14. The summed E-state index contributed by atoms with van der Waals surface area (Å²) in [7, 11) is 1.61. The van der Waals surface area contributed by atoms with Gasteiger partial charge in [0.1, 0.15) is 11.6 Å². The Labute approximate surface area is 166 Å². The van der Waals surface area contributed by atoms with Crippen molar-refractivity contribution in [2.45, 2.75) is 31.7 Å². The SMILES string of the molecule is COc1ccc(C(=O)Nc2cc(N3CCN(C4CCCC4)CC3)ccn2)cc1. The number of ether oxygens (including phenoxy) is 1. The van der Waals surface area contributed by atoms with Gasteiger partial charge >= 0.3 is 0 Å². The number of rotatable bonds is 5. The van der Waals surface area contributed by atoms with Gasteiger partial charge in [-0.25, -0.2) is 4.98 Å². The highest BCUT2D eigenvalue weighted by Crippen LogP contribution is 2.26. The Morgan fingerprint density at radius 3 is 2.46 bits per heavy atom. The van der Waals surface area contributed by atoms with Gasteiger partial charge in [-0.15, -0.1) is 0 Å². The average Bonchev–Trinajstić information content (AvgIpc) is 3.29. The zero-order valence-corrected chi connectivity index (χ0v) is 16.4. The van der Waals surface area contributed by atoms with Crippen LogP contribution < -0.4 is 15.0 Å². The van der Waals surface area contributed by atoms with Crippen LogP contribution in [0.25, 0.3) is 0 Å². The molecule has 0 unspecified atom stereocenters. The molecule has 1 aliphatic carbocycles. The molecule has 28 heavy (non-hydrogen) atoms. The van der Waals surface area contributed by atoms with Crippen LogP contribution in [0.3, 0.4) is 0 Å². The fourth-order valence-corrected chi connectivity index (χ4v) is 4.23. The highest BCUT2D eigenvalue weighted by atomic mass is 16.5. The van der Waals surface area contributed by atoms with Crippen LogP contribution in [0, 0.1) is 0 Å². The van der Waals surface area contributed by atoms with Crippen molar-refractivity contribution in [3.8, 4) is 5.75 Å². The molecular formula is C22H28N4O2. The fourth-order valence-electron chi connectivity index (χ4n) is 4.23. The topological polar surface area (TPSA) is 57.7 Å². The van der Waals surface area contributed by atoms with Gasteiger partial charge in [0, 0.05) is 55.7 Å². The molecule has 6 heteroatoms. The smallest absolute Gasteiger partial charge is 0.256 e. The van der Waals surface area contributed by atoms with E-state index in [4.69, 9.17) is 4.74 Å². The lowest BCUT2D eigenvalue weighted by Gasteiger charge is -2.39. The molecule has 0 atom stereocenters. The van der Waals surface area contributed by atoms with Crippen molar-refractivity contribution in [3.63, 3.8) is 0 Å². The van der Waals surface area contributed by atoms with Gasteiger partial charge in [0.05, 0.1) is 7.11 Å². The largest absolute Gasteiger partial charge is 0.497 e. The molecule has 2 fully saturated rings. The van der Waals surface area contributed by atoms with E-state index < -0.39 is 0 Å². The van der Waals surface area contributed by atoms with Gasteiger partial charge in [-0.2, -0.15) is 0 Å². The molecule has 0 spiro atoms. The molecule has 1 aromatic heterocycles. The molecule has 1 N–H and O–H groups in total. The third-order valence-corrected chi connectivity index (χ3v) is 5.86. The minimum Gasteiger partial charge on any atom is -0.497 e. The summed E-state index contributed by atoms with van der Waals surface area (Å²) in [5, 5.41) is 2.90. The van der Waals surface area contributed by atoms with Crippen LogP contribution in [0.4, 0.5) is 11.5 Å². The number of hydrogen-bond acceptors (Lipinski definition) is 5. The Hall–Kier alpha value is -2.60. The van der Waals surface area contributed by atoms with Gasteiger partial charge in [0.2, 0.25) is 0 Å². The summed E-state index contributed by atoms with van der Waals surface area (Å²) in [6.07, 6.45) is 7.24. The van der Waals surface area contributed by atoms with Crippen LogP contribution in [0.2, 0.25) is 0 Å². The molecule has 1 saturated heterocycles. The Morgan fingerprint density at radius 2 is 1.79 bits per heavy atom. The summed E-state index contributed by atoms with van der Waals surface area (Å²) in [5.74, 6) is 1.14. The second kappa shape index (κ2) is 8.61. The minimum absolute atomic E-state index is 0.168. The third kappa shape index (κ3) is 4.28. The van der Waals surface area contributed by atoms with Gasteiger partial charge in [0.15, 0.2) is 0 Å². The number of carbonyl (C=O) groups excluding carboxylic acids is 1. The number of benzene rings is 1. The first-order chi connectivity index (χ1) is 13.7. The summed E-state index contributed by atoms with van der Waals surface area (Å²) >= 11 is 0. The number of methoxy groups -OCH3 is 1. The maximum Gasteiger partial charge on any atom is 0.256 e. The maximum atomic E-state index is 12.5. The van der Waals surface area contributed by atoms with Gasteiger partial charge in [-0.3, -0.25) is 9.69 Å². The number of aromatic nitrogens is 1. The second-order valence-corrected chi connectivity index (χ2v) is 7.54. The van der Waals surface area contributed by atoms with Crippen molar-refractivity contribution < 1.29 is 9.53 Å². The number of nitrogens with zero attached hydrogens (tertiary/aromatic N) is 3. The molecule has 0 bridgehead atoms. The molecule has 1 aromatic carbocycles. The summed E-state index contributed by atoms with van der Waals surface area (Å²) in [5.41, 5.74) is 1.70. The maximum absolute atomic E-state index is 12.5. The molecule has 4 rings (SSSR count). The molecular weight excluding hydrogens is 352 g/mol. The molecule has 148 valence electrons. The Morgan fingerprint density at radius 1 is 1.07 bits per heavy atom. The molecule has 2 heterocycles. The van der Waals surface area contributed by atoms with Crippen LogP contribution in [-0.2, 0) is 0 Å². The van der Waals surface area contributed by atoms with E-state index in [0.717, 1.165) is 43.7 Å². The molecule has 0 radical (unpaired) electrons. The monoisotopic (exact) mass is 380 g/mol. The minimum atomic E-state index is -0.168. The number of nitrogens with one attached hydrogen (secondary N) is 1. The van der Waals surface area contributed by atoms with E-state index in [0.29, 0.717) is 11.4 Å². The highest BCUT2D eigenvalue weighted by Gasteiger charge is 2.26. The van der Waals surface area contributed by atoms with Gasteiger partial charge < -0.3 is 15.0 Å². The lowest BCUT2D eigenvalue weighted by molar-refractivity contribution is 0.102. The van der Waals surface area contributed by atoms with Gasteiger partial charge in [0.25, 0.3) is 5.91 Å². The number of hydrogen-bond donors (Lipinski definition) is 1. The Balaban J connectivity index is 1.37. The predicted octanol–water partition coefficient (Wildman–Crippen LogP) is 3.41. The Kier molecular flexibility index (Phi) is 5.76. The fraction of sp³-hybridized carbons (Fsp3) is 0.455. The van der Waals surface area contributed by atoms with Crippen molar-refractivity contribution in [1.29, 1.82) is 0 Å². The first-order valence-corrected chi connectivity index (χ1v) is 10.1. The average molecular weight is 380 g/mol. The Bertz CT molecular complexity index is 794. The third-order valence-electron chi connectivity index (χ3n) is 5.86. The van der Waals surface area contributed by atoms with Crippen LogP contribution in [-0.4, -0.2) is 55.1 Å². The van der Waals surface area contributed by atoms with E-state index in [2.05, 4.69) is 20.1 Å². The second-order valence-electron chi connectivity index (χ2n) is 7.54. The normalized spacial score (nSPS) is 18.2. The van der Waals surface area contributed by atoms with Crippen molar-refractivity contribution in [2.75, 3.05) is 43.5 Å². The first-order valence-electron chi connectivity index (χ1n) is 10.1. The van der Waals surface area contributed by atoms with Crippen LogP contribution in [0.15, 0.2) is 42.6 Å². The lowest BCUT2D eigenvalue weighted by Crippen LogP contribution is -2.49. The molecule has 1 saturated carbocycles. The predicted molar refractivity (Wildman–Crippen MR) is 111 cm³/mol. The number of amides is 1. The van der Waals surface area contributed by atoms with Crippen LogP contribution in [0.1, 0.15) is 36.0 Å². The van der Waals surface area contributed by atoms with Crippen molar-refractivity contribution in [1.82, 2.24) is 9.88 Å². The van der Waals surface area contributed by atoms with E-state index in [1.807, 2.05) is 12.1 Å². The van der Waals surface area contributed by atoms with E-state index >= 15 is 0 Å². The summed E-state index contributed by atoms with van der Waals surface area (Å²) in [6.45, 7) is 4.26. The van der Waals surface area contributed by atoms with Crippen molar-refractivity contribution in [3.05, 3.63) is 48.2 Å². The van der Waals surface area contributed by atoms with E-state index in [9.17, 15) is 4.79 Å². The quantitative estimate of drug-likeness (QED) is 0.861. The number of pyridine rings is 1.